The number of amides is 2. The van der Waals surface area contributed by atoms with Gasteiger partial charge in [-0.05, 0) is 62.4 Å². The smallest absolute Gasteiger partial charge is 0.254 e. The Labute approximate surface area is 239 Å². The lowest BCUT2D eigenvalue weighted by atomic mass is 10.0. The molecule has 1 atom stereocenters. The molecule has 0 aliphatic carbocycles. The molecule has 10 heteroatoms. The number of fused-ring (bicyclic) bond motifs is 2. The van der Waals surface area contributed by atoms with E-state index in [1.54, 1.807) is 7.11 Å². The van der Waals surface area contributed by atoms with Gasteiger partial charge in [-0.25, -0.2) is 9.97 Å². The maximum Gasteiger partial charge on any atom is 0.254 e. The van der Waals surface area contributed by atoms with Crippen molar-refractivity contribution >= 4 is 33.9 Å². The number of carbonyl (C=O) groups excluding carboxylic acids is 2. The van der Waals surface area contributed by atoms with Gasteiger partial charge < -0.3 is 29.8 Å². The monoisotopic (exact) mass is 557 g/mol. The highest BCUT2D eigenvalue weighted by molar-refractivity contribution is 6.00. The van der Waals surface area contributed by atoms with Gasteiger partial charge in [0.2, 0.25) is 5.91 Å². The molecule has 41 heavy (non-hydrogen) atoms. The highest BCUT2D eigenvalue weighted by Gasteiger charge is 2.26. The number of benzene rings is 1. The molecule has 3 N–H and O–H groups in total. The van der Waals surface area contributed by atoms with E-state index in [1.807, 2.05) is 34.7 Å². The summed E-state index contributed by atoms with van der Waals surface area (Å²) in [5.74, 6) is 1.45. The summed E-state index contributed by atoms with van der Waals surface area (Å²) < 4.78 is 10.1. The number of aromatic nitrogens is 4. The molecule has 10 nitrogen and oxygen atoms in total. The third kappa shape index (κ3) is 5.40. The number of nitrogens with two attached hydrogens (primary N) is 1. The number of likely N-dealkylation sites (tertiary alicyclic amines) is 1. The molecule has 4 aromatic rings. The quantitative estimate of drug-likeness (QED) is 0.396. The first kappa shape index (κ1) is 27.3. The van der Waals surface area contributed by atoms with E-state index < -0.39 is 0 Å². The molecule has 2 amide bonds. The van der Waals surface area contributed by atoms with Crippen molar-refractivity contribution in [2.75, 3.05) is 26.7 Å². The number of nitrogens with one attached hydrogen (secondary N) is 1. The lowest BCUT2D eigenvalue weighted by Gasteiger charge is -2.30. The van der Waals surface area contributed by atoms with E-state index in [2.05, 4.69) is 22.0 Å². The van der Waals surface area contributed by atoms with Crippen molar-refractivity contribution in [3.63, 3.8) is 0 Å². The van der Waals surface area contributed by atoms with Crippen LogP contribution in [0.3, 0.4) is 0 Å². The first-order chi connectivity index (χ1) is 19.9. The number of rotatable bonds is 3. The number of aryl methyl sites for hydroxylation is 3. The van der Waals surface area contributed by atoms with Gasteiger partial charge in [0.25, 0.3) is 5.91 Å². The van der Waals surface area contributed by atoms with Gasteiger partial charge in [0.1, 0.15) is 16.9 Å². The SMILES string of the molecule is COc1cc(C(=O)N2CCC[C@@H](N)C2)cc2nc(-c3cc4ccc5nc4n3CCCCCCNC(=O)CC5)n(C)c12. The standard InChI is InChI=1S/C31H39N7O3/c1-36-28-24(16-21(18-26(28)41-2)31(40)37-14-7-8-22(32)19-37)35-30(36)25-17-20-9-10-23-11-12-27(39)33-13-5-3-4-6-15-38(25)29(20)34-23/h9-10,16-18,22H,3-8,11-15,19,32H2,1-2H3,(H,33,39)/t22-/m1/s1. The van der Waals surface area contributed by atoms with E-state index in [-0.39, 0.29) is 17.9 Å². The van der Waals surface area contributed by atoms with Gasteiger partial charge in [-0.3, -0.25) is 9.59 Å². The molecule has 1 saturated heterocycles. The maximum absolute atomic E-state index is 13.4. The first-order valence-corrected chi connectivity index (χ1v) is 14.8. The first-order valence-electron chi connectivity index (χ1n) is 14.8. The van der Waals surface area contributed by atoms with Crippen LogP contribution in [0, 0.1) is 0 Å². The number of ether oxygens (including phenoxy) is 1. The molecule has 2 aliphatic heterocycles. The fourth-order valence-electron chi connectivity index (χ4n) is 6.22. The van der Waals surface area contributed by atoms with Crippen molar-refractivity contribution in [2.45, 2.75) is 64.0 Å². The zero-order valence-electron chi connectivity index (χ0n) is 24.0. The molecule has 2 aliphatic rings. The number of imidazole rings is 1. The summed E-state index contributed by atoms with van der Waals surface area (Å²) in [6.45, 7) is 2.82. The number of hydrogen-bond donors (Lipinski definition) is 2. The van der Waals surface area contributed by atoms with Gasteiger partial charge in [0.05, 0.1) is 18.3 Å². The number of methoxy groups -OCH3 is 1. The molecule has 0 spiro atoms. The lowest BCUT2D eigenvalue weighted by Crippen LogP contribution is -2.45. The Balaban J connectivity index is 1.43. The molecule has 6 rings (SSSR count). The summed E-state index contributed by atoms with van der Waals surface area (Å²) in [7, 11) is 3.62. The molecule has 1 fully saturated rings. The molecular formula is C31H39N7O3. The van der Waals surface area contributed by atoms with Crippen molar-refractivity contribution in [3.8, 4) is 17.3 Å². The van der Waals surface area contributed by atoms with E-state index in [0.29, 0.717) is 42.8 Å². The summed E-state index contributed by atoms with van der Waals surface area (Å²) >= 11 is 0. The van der Waals surface area contributed by atoms with Crippen LogP contribution in [0.5, 0.6) is 5.75 Å². The average molecular weight is 558 g/mol. The molecule has 2 bridgehead atoms. The van der Waals surface area contributed by atoms with Crippen molar-refractivity contribution < 1.29 is 14.3 Å². The molecule has 0 unspecified atom stereocenters. The van der Waals surface area contributed by atoms with Crippen molar-refractivity contribution in [2.24, 2.45) is 12.8 Å². The Kier molecular flexibility index (Phi) is 7.66. The summed E-state index contributed by atoms with van der Waals surface area (Å²) in [6, 6.07) is 9.95. The zero-order chi connectivity index (χ0) is 28.5. The fourth-order valence-corrected chi connectivity index (χ4v) is 6.22. The van der Waals surface area contributed by atoms with Crippen LogP contribution in [-0.2, 0) is 24.8 Å². The van der Waals surface area contributed by atoms with Crippen LogP contribution < -0.4 is 15.8 Å². The Morgan fingerprint density at radius 3 is 2.73 bits per heavy atom. The van der Waals surface area contributed by atoms with Crippen LogP contribution in [-0.4, -0.2) is 68.6 Å². The van der Waals surface area contributed by atoms with Crippen molar-refractivity contribution in [1.82, 2.24) is 29.3 Å². The Hall–Kier alpha value is -3.92. The lowest BCUT2D eigenvalue weighted by molar-refractivity contribution is -0.121. The van der Waals surface area contributed by atoms with Crippen molar-refractivity contribution in [1.29, 1.82) is 0 Å². The predicted molar refractivity (Wildman–Crippen MR) is 159 cm³/mol. The molecule has 5 heterocycles. The van der Waals surface area contributed by atoms with Crippen LogP contribution in [0.15, 0.2) is 30.3 Å². The number of carbonyl (C=O) groups is 2. The topological polar surface area (TPSA) is 120 Å². The van der Waals surface area contributed by atoms with Gasteiger partial charge in [-0.15, -0.1) is 0 Å². The van der Waals surface area contributed by atoms with E-state index in [0.717, 1.165) is 85.4 Å². The molecule has 216 valence electrons. The molecule has 3 aromatic heterocycles. The summed E-state index contributed by atoms with van der Waals surface area (Å²) in [5.41, 5.74) is 11.1. The van der Waals surface area contributed by atoms with Gasteiger partial charge in [0, 0.05) is 62.3 Å². The minimum atomic E-state index is -0.0414. The minimum Gasteiger partial charge on any atom is -0.494 e. The third-order valence-electron chi connectivity index (χ3n) is 8.42. The van der Waals surface area contributed by atoms with Crippen LogP contribution in [0.4, 0.5) is 0 Å². The second kappa shape index (κ2) is 11.5. The second-order valence-electron chi connectivity index (χ2n) is 11.4. The largest absolute Gasteiger partial charge is 0.494 e. The molecule has 0 saturated carbocycles. The van der Waals surface area contributed by atoms with E-state index >= 15 is 0 Å². The van der Waals surface area contributed by atoms with E-state index in [1.165, 1.54) is 0 Å². The predicted octanol–water partition coefficient (Wildman–Crippen LogP) is 3.78. The number of piperidine rings is 1. The number of pyridine rings is 1. The Morgan fingerprint density at radius 1 is 1.05 bits per heavy atom. The number of nitrogens with zero attached hydrogens (tertiary/aromatic N) is 5. The zero-order valence-corrected chi connectivity index (χ0v) is 24.0. The molecular weight excluding hydrogens is 518 g/mol. The van der Waals surface area contributed by atoms with Crippen LogP contribution in [0.1, 0.15) is 61.0 Å². The van der Waals surface area contributed by atoms with Crippen LogP contribution in [0.25, 0.3) is 33.6 Å². The van der Waals surface area contributed by atoms with Crippen molar-refractivity contribution in [3.05, 3.63) is 41.6 Å². The van der Waals surface area contributed by atoms with E-state index in [4.69, 9.17) is 20.4 Å². The molecule has 1 aromatic carbocycles. The Bertz CT molecular complexity index is 1600. The highest BCUT2D eigenvalue weighted by Crippen LogP contribution is 2.34. The van der Waals surface area contributed by atoms with E-state index in [9.17, 15) is 9.59 Å². The summed E-state index contributed by atoms with van der Waals surface area (Å²) in [4.78, 5) is 37.6. The second-order valence-corrected chi connectivity index (χ2v) is 11.4. The minimum absolute atomic E-state index is 0.0100. The fraction of sp³-hybridized carbons (Fsp3) is 0.484. The maximum atomic E-state index is 13.4. The highest BCUT2D eigenvalue weighted by atomic mass is 16.5. The normalized spacial score (nSPS) is 19.0. The third-order valence-corrected chi connectivity index (χ3v) is 8.42. The van der Waals surface area contributed by atoms with Gasteiger partial charge in [-0.1, -0.05) is 12.8 Å². The van der Waals surface area contributed by atoms with Gasteiger partial charge in [0.15, 0.2) is 5.82 Å². The Morgan fingerprint density at radius 2 is 1.90 bits per heavy atom. The van der Waals surface area contributed by atoms with Gasteiger partial charge in [-0.2, -0.15) is 0 Å². The van der Waals surface area contributed by atoms with Gasteiger partial charge >= 0.3 is 0 Å². The molecule has 0 radical (unpaired) electrons. The average Bonchev–Trinajstić information content (AvgIpc) is 3.50. The van der Waals surface area contributed by atoms with Crippen LogP contribution in [0.2, 0.25) is 0 Å². The van der Waals surface area contributed by atoms with Crippen LogP contribution >= 0.6 is 0 Å². The summed E-state index contributed by atoms with van der Waals surface area (Å²) in [5, 5.41) is 4.07. The number of hydrogen-bond acceptors (Lipinski definition) is 6. The summed E-state index contributed by atoms with van der Waals surface area (Å²) in [6.07, 6.45) is 7.00.